The van der Waals surface area contributed by atoms with E-state index < -0.39 is 0 Å². The zero-order valence-corrected chi connectivity index (χ0v) is 34.7. The van der Waals surface area contributed by atoms with Crippen molar-refractivity contribution >= 4 is 99.5 Å². The molecular formula is C56H44N2O2. The molecule has 0 radical (unpaired) electrons. The number of hydrogen-bond acceptors (Lipinski definition) is 4. The van der Waals surface area contributed by atoms with Crippen molar-refractivity contribution in [3.63, 3.8) is 0 Å². The van der Waals surface area contributed by atoms with Gasteiger partial charge in [0.1, 0.15) is 22.3 Å². The summed E-state index contributed by atoms with van der Waals surface area (Å²) in [6.07, 6.45) is 0. The SMILES string of the molecule is Cc1cc(N(c2ccccc2)c2ccc3cc4c(cc3c2)oc2c4ccc3oc4cc5cc(N(c6ccccc6)c6cc(C)c(C)c(C)c6)ccc5cc4c32)cc(C)c1C. The van der Waals surface area contributed by atoms with Gasteiger partial charge >= 0.3 is 0 Å². The first kappa shape index (κ1) is 35.8. The van der Waals surface area contributed by atoms with Crippen molar-refractivity contribution in [2.75, 3.05) is 9.80 Å². The molecule has 11 rings (SSSR count). The van der Waals surface area contributed by atoms with Crippen LogP contribution in [0, 0.1) is 41.5 Å². The highest BCUT2D eigenvalue weighted by molar-refractivity contribution is 6.24. The van der Waals surface area contributed by atoms with Crippen LogP contribution in [0.1, 0.15) is 33.4 Å². The summed E-state index contributed by atoms with van der Waals surface area (Å²) in [6.45, 7) is 13.2. The minimum Gasteiger partial charge on any atom is -0.456 e. The Kier molecular flexibility index (Phi) is 8.15. The molecule has 2 heterocycles. The van der Waals surface area contributed by atoms with E-state index in [2.05, 4.69) is 209 Å². The molecule has 0 amide bonds. The number of anilines is 6. The lowest BCUT2D eigenvalue weighted by molar-refractivity contribution is 0.663. The van der Waals surface area contributed by atoms with Crippen molar-refractivity contribution < 1.29 is 8.83 Å². The zero-order chi connectivity index (χ0) is 40.8. The summed E-state index contributed by atoms with van der Waals surface area (Å²) in [4.78, 5) is 4.69. The van der Waals surface area contributed by atoms with Crippen molar-refractivity contribution in [1.29, 1.82) is 0 Å². The van der Waals surface area contributed by atoms with E-state index in [4.69, 9.17) is 8.83 Å². The average molecular weight is 777 g/mol. The van der Waals surface area contributed by atoms with Crippen molar-refractivity contribution in [3.05, 3.63) is 191 Å². The van der Waals surface area contributed by atoms with Crippen molar-refractivity contribution in [2.45, 2.75) is 41.5 Å². The summed E-state index contributed by atoms with van der Waals surface area (Å²) >= 11 is 0. The fourth-order valence-electron chi connectivity index (χ4n) is 9.16. The van der Waals surface area contributed by atoms with E-state index in [1.165, 1.54) is 33.4 Å². The molecule has 0 saturated heterocycles. The first-order valence-corrected chi connectivity index (χ1v) is 20.7. The van der Waals surface area contributed by atoms with Gasteiger partial charge in [0.15, 0.2) is 0 Å². The Hall–Kier alpha value is -7.30. The molecule has 11 aromatic rings. The van der Waals surface area contributed by atoms with E-state index in [0.29, 0.717) is 0 Å². The number of para-hydroxylation sites is 2. The summed E-state index contributed by atoms with van der Waals surface area (Å²) in [6, 6.07) is 57.0. The van der Waals surface area contributed by atoms with Crippen molar-refractivity contribution in [3.8, 4) is 0 Å². The maximum atomic E-state index is 6.86. The third-order valence-electron chi connectivity index (χ3n) is 12.8. The van der Waals surface area contributed by atoms with Gasteiger partial charge in [-0.1, -0.05) is 48.5 Å². The van der Waals surface area contributed by atoms with Crippen molar-refractivity contribution in [2.24, 2.45) is 0 Å². The van der Waals surface area contributed by atoms with Crippen LogP contribution in [0.5, 0.6) is 0 Å². The van der Waals surface area contributed by atoms with Crippen LogP contribution >= 0.6 is 0 Å². The van der Waals surface area contributed by atoms with Crippen LogP contribution in [0.3, 0.4) is 0 Å². The molecule has 0 aliphatic heterocycles. The van der Waals surface area contributed by atoms with E-state index in [1.54, 1.807) is 0 Å². The van der Waals surface area contributed by atoms with E-state index >= 15 is 0 Å². The molecule has 0 unspecified atom stereocenters. The van der Waals surface area contributed by atoms with Gasteiger partial charge in [-0.2, -0.15) is 0 Å². The van der Waals surface area contributed by atoms with Crippen molar-refractivity contribution in [1.82, 2.24) is 0 Å². The van der Waals surface area contributed by atoms with E-state index in [1.807, 2.05) is 0 Å². The Morgan fingerprint density at radius 2 is 0.783 bits per heavy atom. The Morgan fingerprint density at radius 1 is 0.317 bits per heavy atom. The molecule has 0 fully saturated rings. The lowest BCUT2D eigenvalue weighted by Gasteiger charge is -2.27. The molecule has 0 bridgehead atoms. The third kappa shape index (κ3) is 5.74. The van der Waals surface area contributed by atoms with Crippen LogP contribution in [-0.4, -0.2) is 0 Å². The fraction of sp³-hybridized carbons (Fsp3) is 0.107. The van der Waals surface area contributed by atoms with E-state index in [9.17, 15) is 0 Å². The molecule has 0 aliphatic carbocycles. The molecule has 4 nitrogen and oxygen atoms in total. The zero-order valence-electron chi connectivity index (χ0n) is 34.7. The molecular weight excluding hydrogens is 733 g/mol. The van der Waals surface area contributed by atoms with E-state index in [-0.39, 0.29) is 0 Å². The van der Waals surface area contributed by atoms with Gasteiger partial charge in [0.25, 0.3) is 0 Å². The first-order chi connectivity index (χ1) is 29.2. The summed E-state index contributed by atoms with van der Waals surface area (Å²) in [7, 11) is 0. The van der Waals surface area contributed by atoms with Gasteiger partial charge in [0.2, 0.25) is 0 Å². The minimum atomic E-state index is 0.817. The second-order valence-corrected chi connectivity index (χ2v) is 16.5. The van der Waals surface area contributed by atoms with Crippen LogP contribution in [0.2, 0.25) is 0 Å². The predicted octanol–water partition coefficient (Wildman–Crippen LogP) is 16.6. The molecule has 9 aromatic carbocycles. The largest absolute Gasteiger partial charge is 0.456 e. The summed E-state index contributed by atoms with van der Waals surface area (Å²) in [5.41, 5.74) is 17.9. The normalized spacial score (nSPS) is 11.8. The molecule has 2 aromatic heterocycles. The molecule has 60 heavy (non-hydrogen) atoms. The minimum absolute atomic E-state index is 0.817. The number of hydrogen-bond donors (Lipinski definition) is 0. The standard InChI is InChI=1S/C56H44N2O2/c1-33-23-47(24-34(2)37(33)5)57(43-13-9-7-10-14-43)45-19-17-39-29-50-49-21-22-52-55(56(49)60-53(50)31-41(39)27-45)51-30-40-18-20-46(28-42(40)32-54(51)59-52)58(44-15-11-8-12-16-44)48-25-35(3)38(6)36(4)26-48/h7-32H,1-6H3. The third-order valence-corrected chi connectivity index (χ3v) is 12.8. The predicted molar refractivity (Wildman–Crippen MR) is 254 cm³/mol. The number of furan rings is 2. The number of aryl methyl sites for hydroxylation is 4. The summed E-state index contributed by atoms with van der Waals surface area (Å²) < 4.78 is 13.5. The molecule has 4 heteroatoms. The molecule has 0 spiro atoms. The Labute approximate surface area is 349 Å². The van der Waals surface area contributed by atoms with Gasteiger partial charge in [0.05, 0.1) is 5.39 Å². The highest BCUT2D eigenvalue weighted by Gasteiger charge is 2.20. The summed E-state index contributed by atoms with van der Waals surface area (Å²) in [5, 5.41) is 8.78. The average Bonchev–Trinajstić information content (AvgIpc) is 3.80. The molecule has 290 valence electrons. The lowest BCUT2D eigenvalue weighted by Crippen LogP contribution is -2.10. The quantitative estimate of drug-likeness (QED) is 0.168. The van der Waals surface area contributed by atoms with Crippen LogP contribution in [0.25, 0.3) is 65.4 Å². The van der Waals surface area contributed by atoms with Crippen LogP contribution in [0.4, 0.5) is 34.1 Å². The van der Waals surface area contributed by atoms with E-state index in [0.717, 1.165) is 99.5 Å². The van der Waals surface area contributed by atoms with Gasteiger partial charge in [-0.05, 0) is 206 Å². The highest BCUT2D eigenvalue weighted by atomic mass is 16.3. The highest BCUT2D eigenvalue weighted by Crippen LogP contribution is 2.44. The number of fused-ring (bicyclic) bond motifs is 9. The van der Waals surface area contributed by atoms with Gasteiger partial charge in [0, 0.05) is 50.3 Å². The molecule has 0 atom stereocenters. The van der Waals surface area contributed by atoms with Crippen LogP contribution < -0.4 is 9.80 Å². The van der Waals surface area contributed by atoms with Gasteiger partial charge in [-0.15, -0.1) is 0 Å². The second-order valence-electron chi connectivity index (χ2n) is 16.5. The molecule has 0 aliphatic rings. The Morgan fingerprint density at radius 3 is 1.28 bits per heavy atom. The smallest absolute Gasteiger partial charge is 0.147 e. The Bertz CT molecular complexity index is 3460. The fourth-order valence-corrected chi connectivity index (χ4v) is 9.16. The maximum Gasteiger partial charge on any atom is 0.147 e. The number of benzene rings is 9. The van der Waals surface area contributed by atoms with Crippen LogP contribution in [-0.2, 0) is 0 Å². The monoisotopic (exact) mass is 776 g/mol. The molecule has 0 N–H and O–H groups in total. The Balaban J connectivity index is 1.04. The summed E-state index contributed by atoms with van der Waals surface area (Å²) in [5.74, 6) is 0. The number of rotatable bonds is 6. The molecule has 0 saturated carbocycles. The van der Waals surface area contributed by atoms with Gasteiger partial charge in [-0.3, -0.25) is 0 Å². The van der Waals surface area contributed by atoms with Crippen LogP contribution in [0.15, 0.2) is 167 Å². The topological polar surface area (TPSA) is 32.8 Å². The number of nitrogens with zero attached hydrogens (tertiary/aromatic N) is 2. The lowest BCUT2D eigenvalue weighted by atomic mass is 10.0. The second kappa shape index (κ2) is 13.6. The van der Waals surface area contributed by atoms with Gasteiger partial charge in [-0.25, -0.2) is 0 Å². The first-order valence-electron chi connectivity index (χ1n) is 20.7. The van der Waals surface area contributed by atoms with Gasteiger partial charge < -0.3 is 18.6 Å². The maximum absolute atomic E-state index is 6.86.